The monoisotopic (exact) mass is 252 g/mol. The number of halogens is 1. The molecule has 1 aliphatic rings. The van der Waals surface area contributed by atoms with Crippen LogP contribution in [-0.2, 0) is 4.74 Å². The van der Waals surface area contributed by atoms with Gasteiger partial charge in [0.2, 0.25) is 5.95 Å². The number of aromatic nitrogens is 1. The summed E-state index contributed by atoms with van der Waals surface area (Å²) in [6.07, 6.45) is 4.60. The second kappa shape index (κ2) is 6.44. The van der Waals surface area contributed by atoms with E-state index in [1.165, 1.54) is 31.2 Å². The van der Waals surface area contributed by atoms with Crippen molar-refractivity contribution in [2.45, 2.75) is 19.3 Å². The number of carbonyl (C=O) groups excluding carboxylic acids is 1. The van der Waals surface area contributed by atoms with E-state index in [4.69, 9.17) is 4.74 Å². The number of nitrogens with one attached hydrogen (secondary N) is 1. The van der Waals surface area contributed by atoms with E-state index in [0.717, 1.165) is 18.9 Å². The lowest BCUT2D eigenvalue weighted by Crippen LogP contribution is -2.26. The lowest BCUT2D eigenvalue weighted by atomic mass is 10.2. The topological polar surface area (TPSA) is 51.2 Å². The van der Waals surface area contributed by atoms with Gasteiger partial charge in [-0.3, -0.25) is 4.79 Å². The highest BCUT2D eigenvalue weighted by Crippen LogP contribution is 2.28. The molecule has 1 heterocycles. The van der Waals surface area contributed by atoms with Gasteiger partial charge in [0.25, 0.3) is 5.91 Å². The SMILES string of the molecule is O=C(NCCCOCC1CC1)c1cccnc1F. The smallest absolute Gasteiger partial charge is 0.255 e. The number of hydrogen-bond donors (Lipinski definition) is 1. The average Bonchev–Trinajstić information content (AvgIpc) is 3.18. The Bertz CT molecular complexity index is 408. The summed E-state index contributed by atoms with van der Waals surface area (Å²) >= 11 is 0. The van der Waals surface area contributed by atoms with E-state index in [2.05, 4.69) is 10.3 Å². The first-order valence-corrected chi connectivity index (χ1v) is 6.24. The first-order chi connectivity index (χ1) is 8.77. The molecule has 4 nitrogen and oxygen atoms in total. The van der Waals surface area contributed by atoms with Crippen molar-refractivity contribution in [3.05, 3.63) is 29.8 Å². The van der Waals surface area contributed by atoms with Gasteiger partial charge in [-0.05, 0) is 37.3 Å². The van der Waals surface area contributed by atoms with Crippen molar-refractivity contribution in [1.82, 2.24) is 10.3 Å². The van der Waals surface area contributed by atoms with Crippen LogP contribution in [0.3, 0.4) is 0 Å². The van der Waals surface area contributed by atoms with Crippen molar-refractivity contribution in [1.29, 1.82) is 0 Å². The van der Waals surface area contributed by atoms with Crippen LogP contribution in [0.25, 0.3) is 0 Å². The second-order valence-corrected chi connectivity index (χ2v) is 4.47. The highest BCUT2D eigenvalue weighted by Gasteiger charge is 2.20. The molecule has 2 rings (SSSR count). The largest absolute Gasteiger partial charge is 0.381 e. The summed E-state index contributed by atoms with van der Waals surface area (Å²) in [5.74, 6) is -0.410. The molecule has 1 aromatic rings. The first-order valence-electron chi connectivity index (χ1n) is 6.24. The molecule has 0 aliphatic heterocycles. The number of hydrogen-bond acceptors (Lipinski definition) is 3. The number of carbonyl (C=O) groups is 1. The maximum absolute atomic E-state index is 13.2. The van der Waals surface area contributed by atoms with E-state index in [9.17, 15) is 9.18 Å². The van der Waals surface area contributed by atoms with E-state index in [0.29, 0.717) is 13.2 Å². The van der Waals surface area contributed by atoms with E-state index in [-0.39, 0.29) is 5.56 Å². The molecule has 1 amide bonds. The standard InChI is InChI=1S/C13H17FN2O2/c14-12-11(3-1-6-15-12)13(17)16-7-2-8-18-9-10-4-5-10/h1,3,6,10H,2,4-5,7-9H2,(H,16,17). The number of pyridine rings is 1. The number of ether oxygens (including phenoxy) is 1. The summed E-state index contributed by atoms with van der Waals surface area (Å²) in [5.41, 5.74) is -0.0172. The van der Waals surface area contributed by atoms with E-state index in [1.54, 1.807) is 0 Å². The Kier molecular flexibility index (Phi) is 4.64. The van der Waals surface area contributed by atoms with Crippen LogP contribution in [-0.4, -0.2) is 30.6 Å². The van der Waals surface area contributed by atoms with Crippen LogP contribution in [0.1, 0.15) is 29.6 Å². The second-order valence-electron chi connectivity index (χ2n) is 4.47. The fourth-order valence-corrected chi connectivity index (χ4v) is 1.56. The lowest BCUT2D eigenvalue weighted by Gasteiger charge is -2.06. The van der Waals surface area contributed by atoms with Crippen molar-refractivity contribution < 1.29 is 13.9 Å². The van der Waals surface area contributed by atoms with Crippen molar-refractivity contribution in [3.8, 4) is 0 Å². The van der Waals surface area contributed by atoms with Gasteiger partial charge >= 0.3 is 0 Å². The van der Waals surface area contributed by atoms with Crippen LogP contribution in [0.5, 0.6) is 0 Å². The molecule has 1 saturated carbocycles. The average molecular weight is 252 g/mol. The molecule has 1 N–H and O–H groups in total. The molecule has 1 fully saturated rings. The zero-order valence-corrected chi connectivity index (χ0v) is 10.2. The lowest BCUT2D eigenvalue weighted by molar-refractivity contribution is 0.0932. The van der Waals surface area contributed by atoms with Gasteiger partial charge in [-0.1, -0.05) is 0 Å². The molecule has 98 valence electrons. The van der Waals surface area contributed by atoms with Crippen LogP contribution in [0.2, 0.25) is 0 Å². The molecule has 18 heavy (non-hydrogen) atoms. The van der Waals surface area contributed by atoms with Crippen LogP contribution in [0, 0.1) is 11.9 Å². The first kappa shape index (κ1) is 13.0. The Morgan fingerprint density at radius 2 is 2.39 bits per heavy atom. The summed E-state index contributed by atoms with van der Waals surface area (Å²) < 4.78 is 18.6. The molecular formula is C13H17FN2O2. The van der Waals surface area contributed by atoms with Crippen LogP contribution < -0.4 is 5.32 Å². The van der Waals surface area contributed by atoms with E-state index >= 15 is 0 Å². The van der Waals surface area contributed by atoms with Gasteiger partial charge in [-0.15, -0.1) is 0 Å². The summed E-state index contributed by atoms with van der Waals surface area (Å²) in [5, 5.41) is 2.64. The molecular weight excluding hydrogens is 235 g/mol. The third kappa shape index (κ3) is 4.07. The zero-order valence-electron chi connectivity index (χ0n) is 10.2. The Morgan fingerprint density at radius 3 is 3.11 bits per heavy atom. The molecule has 5 heteroatoms. The van der Waals surface area contributed by atoms with Gasteiger partial charge < -0.3 is 10.1 Å². The predicted octanol–water partition coefficient (Wildman–Crippen LogP) is 1.77. The van der Waals surface area contributed by atoms with Crippen molar-refractivity contribution >= 4 is 5.91 Å². The quantitative estimate of drug-likeness (QED) is 0.594. The molecule has 1 aliphatic carbocycles. The third-order valence-electron chi connectivity index (χ3n) is 2.81. The predicted molar refractivity (Wildman–Crippen MR) is 64.7 cm³/mol. The minimum absolute atomic E-state index is 0.0172. The molecule has 0 spiro atoms. The van der Waals surface area contributed by atoms with Gasteiger partial charge in [-0.25, -0.2) is 4.98 Å². The Hall–Kier alpha value is -1.49. The van der Waals surface area contributed by atoms with Crippen molar-refractivity contribution in [2.24, 2.45) is 5.92 Å². The number of nitrogens with zero attached hydrogens (tertiary/aromatic N) is 1. The van der Waals surface area contributed by atoms with Crippen molar-refractivity contribution in [2.75, 3.05) is 19.8 Å². The van der Waals surface area contributed by atoms with Crippen LogP contribution in [0.15, 0.2) is 18.3 Å². The minimum Gasteiger partial charge on any atom is -0.381 e. The summed E-state index contributed by atoms with van der Waals surface area (Å²) in [6, 6.07) is 2.96. The van der Waals surface area contributed by atoms with E-state index in [1.807, 2.05) is 0 Å². The maximum Gasteiger partial charge on any atom is 0.255 e. The summed E-state index contributed by atoms with van der Waals surface area (Å²) in [4.78, 5) is 15.0. The fourth-order valence-electron chi connectivity index (χ4n) is 1.56. The Morgan fingerprint density at radius 1 is 1.56 bits per heavy atom. The van der Waals surface area contributed by atoms with Gasteiger partial charge in [-0.2, -0.15) is 4.39 Å². The molecule has 0 aromatic carbocycles. The molecule has 0 radical (unpaired) electrons. The van der Waals surface area contributed by atoms with Crippen molar-refractivity contribution in [3.63, 3.8) is 0 Å². The van der Waals surface area contributed by atoms with Crippen LogP contribution >= 0.6 is 0 Å². The number of rotatable bonds is 7. The normalized spacial score (nSPS) is 14.5. The van der Waals surface area contributed by atoms with Gasteiger partial charge in [0.05, 0.1) is 5.56 Å². The van der Waals surface area contributed by atoms with Gasteiger partial charge in [0.1, 0.15) is 0 Å². The zero-order chi connectivity index (χ0) is 12.8. The number of amides is 1. The molecule has 0 unspecified atom stereocenters. The third-order valence-corrected chi connectivity index (χ3v) is 2.81. The highest BCUT2D eigenvalue weighted by atomic mass is 19.1. The highest BCUT2D eigenvalue weighted by molar-refractivity contribution is 5.94. The Balaban J connectivity index is 1.60. The molecule has 1 aromatic heterocycles. The minimum atomic E-state index is -0.736. The maximum atomic E-state index is 13.2. The molecule has 0 bridgehead atoms. The van der Waals surface area contributed by atoms with Crippen LogP contribution in [0.4, 0.5) is 4.39 Å². The molecule has 0 atom stereocenters. The molecule has 0 saturated heterocycles. The summed E-state index contributed by atoms with van der Waals surface area (Å²) in [6.45, 7) is 1.94. The Labute approximate surface area is 106 Å². The fraction of sp³-hybridized carbons (Fsp3) is 0.538. The van der Waals surface area contributed by atoms with Gasteiger partial charge in [0, 0.05) is 26.0 Å². The summed E-state index contributed by atoms with van der Waals surface area (Å²) in [7, 11) is 0. The van der Waals surface area contributed by atoms with E-state index < -0.39 is 11.9 Å². The van der Waals surface area contributed by atoms with Gasteiger partial charge in [0.15, 0.2) is 0 Å².